The van der Waals surface area contributed by atoms with Crippen molar-refractivity contribution < 1.29 is 4.79 Å². The summed E-state index contributed by atoms with van der Waals surface area (Å²) in [5, 5.41) is 6.51. The highest BCUT2D eigenvalue weighted by Gasteiger charge is 2.08. The van der Waals surface area contributed by atoms with Crippen molar-refractivity contribution >= 4 is 17.7 Å². The maximum atomic E-state index is 11.0. The molecule has 0 spiro atoms. The van der Waals surface area contributed by atoms with Crippen LogP contribution in [0.1, 0.15) is 32.6 Å². The molecular formula is C11H24N2OS. The summed E-state index contributed by atoms with van der Waals surface area (Å²) in [6.07, 6.45) is 4.40. The highest BCUT2D eigenvalue weighted by Crippen LogP contribution is 2.17. The van der Waals surface area contributed by atoms with Gasteiger partial charge in [-0.3, -0.25) is 4.79 Å². The number of carbonyl (C=O) groups is 1. The molecule has 0 saturated carbocycles. The third-order valence-corrected chi connectivity index (χ3v) is 3.59. The van der Waals surface area contributed by atoms with Gasteiger partial charge in [0.15, 0.2) is 0 Å². The number of hydrogen-bond acceptors (Lipinski definition) is 3. The van der Waals surface area contributed by atoms with Crippen molar-refractivity contribution in [1.82, 2.24) is 10.6 Å². The first-order valence-corrected chi connectivity index (χ1v) is 6.76. The van der Waals surface area contributed by atoms with E-state index in [1.54, 1.807) is 7.05 Å². The molecule has 0 aromatic heterocycles. The molecule has 3 nitrogen and oxygen atoms in total. The van der Waals surface area contributed by atoms with Gasteiger partial charge < -0.3 is 10.6 Å². The zero-order valence-corrected chi connectivity index (χ0v) is 11.0. The Bertz CT molecular complexity index is 165. The SMILES string of the molecule is CCCCC(CNC)SCCC(=O)NC. The van der Waals surface area contributed by atoms with Crippen LogP contribution in [-0.2, 0) is 4.79 Å². The molecule has 1 atom stereocenters. The summed E-state index contributed by atoms with van der Waals surface area (Å²) in [7, 11) is 3.67. The Morgan fingerprint density at radius 1 is 1.40 bits per heavy atom. The van der Waals surface area contributed by atoms with Crippen LogP contribution in [0.25, 0.3) is 0 Å². The lowest BCUT2D eigenvalue weighted by molar-refractivity contribution is -0.120. The third-order valence-electron chi connectivity index (χ3n) is 2.27. The fraction of sp³-hybridized carbons (Fsp3) is 0.909. The monoisotopic (exact) mass is 232 g/mol. The van der Waals surface area contributed by atoms with Gasteiger partial charge in [-0.05, 0) is 13.5 Å². The summed E-state index contributed by atoms with van der Waals surface area (Å²) in [6, 6.07) is 0. The number of unbranched alkanes of at least 4 members (excludes halogenated alkanes) is 1. The van der Waals surface area contributed by atoms with Crippen molar-refractivity contribution in [3.05, 3.63) is 0 Å². The zero-order valence-electron chi connectivity index (χ0n) is 10.1. The topological polar surface area (TPSA) is 41.1 Å². The Hall–Kier alpha value is -0.220. The molecule has 1 unspecified atom stereocenters. The Balaban J connectivity index is 3.60. The van der Waals surface area contributed by atoms with Gasteiger partial charge in [-0.15, -0.1) is 0 Å². The Labute approximate surface area is 97.8 Å². The zero-order chi connectivity index (χ0) is 11.5. The molecule has 0 heterocycles. The summed E-state index contributed by atoms with van der Waals surface area (Å²) >= 11 is 1.91. The molecule has 1 amide bonds. The van der Waals surface area contributed by atoms with Crippen molar-refractivity contribution in [3.8, 4) is 0 Å². The van der Waals surface area contributed by atoms with Gasteiger partial charge in [0.1, 0.15) is 0 Å². The van der Waals surface area contributed by atoms with Crippen LogP contribution in [0, 0.1) is 0 Å². The fourth-order valence-corrected chi connectivity index (χ4v) is 2.60. The number of nitrogens with one attached hydrogen (secondary N) is 2. The van der Waals surface area contributed by atoms with Crippen molar-refractivity contribution in [2.75, 3.05) is 26.4 Å². The highest BCUT2D eigenvalue weighted by atomic mass is 32.2. The quantitative estimate of drug-likeness (QED) is 0.635. The maximum absolute atomic E-state index is 11.0. The lowest BCUT2D eigenvalue weighted by Gasteiger charge is -2.15. The van der Waals surface area contributed by atoms with Crippen LogP contribution in [-0.4, -0.2) is 37.6 Å². The average Bonchev–Trinajstić information content (AvgIpc) is 2.25. The van der Waals surface area contributed by atoms with E-state index >= 15 is 0 Å². The van der Waals surface area contributed by atoms with E-state index in [9.17, 15) is 4.79 Å². The molecular weight excluding hydrogens is 208 g/mol. The Morgan fingerprint density at radius 2 is 2.13 bits per heavy atom. The van der Waals surface area contributed by atoms with Crippen molar-refractivity contribution in [2.45, 2.75) is 37.9 Å². The minimum absolute atomic E-state index is 0.140. The normalized spacial score (nSPS) is 12.5. The highest BCUT2D eigenvalue weighted by molar-refractivity contribution is 7.99. The molecule has 0 fully saturated rings. The van der Waals surface area contributed by atoms with Crippen molar-refractivity contribution in [2.24, 2.45) is 0 Å². The first-order chi connectivity index (χ1) is 7.24. The average molecular weight is 232 g/mol. The van der Waals surface area contributed by atoms with E-state index in [-0.39, 0.29) is 5.91 Å². The summed E-state index contributed by atoms with van der Waals surface area (Å²) in [4.78, 5) is 11.0. The van der Waals surface area contributed by atoms with Crippen molar-refractivity contribution in [3.63, 3.8) is 0 Å². The van der Waals surface area contributed by atoms with Crippen LogP contribution < -0.4 is 10.6 Å². The van der Waals surface area contributed by atoms with E-state index in [2.05, 4.69) is 17.6 Å². The molecule has 0 aliphatic rings. The summed E-state index contributed by atoms with van der Waals surface area (Å²) in [6.45, 7) is 3.25. The van der Waals surface area contributed by atoms with E-state index in [1.807, 2.05) is 18.8 Å². The van der Waals surface area contributed by atoms with Gasteiger partial charge in [0, 0.05) is 31.0 Å². The Morgan fingerprint density at radius 3 is 2.67 bits per heavy atom. The van der Waals surface area contributed by atoms with Gasteiger partial charge in [-0.25, -0.2) is 0 Å². The molecule has 0 aliphatic carbocycles. The first-order valence-electron chi connectivity index (χ1n) is 5.71. The summed E-state index contributed by atoms with van der Waals surface area (Å²) in [5.41, 5.74) is 0. The molecule has 2 N–H and O–H groups in total. The predicted molar refractivity (Wildman–Crippen MR) is 68.4 cm³/mol. The standard InChI is InChI=1S/C11H24N2OS/c1-4-5-6-10(9-12-2)15-8-7-11(14)13-3/h10,12H,4-9H2,1-3H3,(H,13,14). The second-order valence-corrected chi connectivity index (χ2v) is 5.02. The second-order valence-electron chi connectivity index (χ2n) is 3.62. The largest absolute Gasteiger partial charge is 0.359 e. The van der Waals surface area contributed by atoms with Crippen LogP contribution in [0.4, 0.5) is 0 Å². The number of carbonyl (C=O) groups excluding carboxylic acids is 1. The van der Waals surface area contributed by atoms with Gasteiger partial charge in [0.2, 0.25) is 5.91 Å². The van der Waals surface area contributed by atoms with E-state index in [4.69, 9.17) is 0 Å². The number of rotatable bonds is 9. The van der Waals surface area contributed by atoms with E-state index in [0.29, 0.717) is 11.7 Å². The van der Waals surface area contributed by atoms with Crippen LogP contribution in [0.2, 0.25) is 0 Å². The molecule has 0 rings (SSSR count). The summed E-state index contributed by atoms with van der Waals surface area (Å²) < 4.78 is 0. The number of amides is 1. The molecule has 4 heteroatoms. The van der Waals surface area contributed by atoms with Gasteiger partial charge in [-0.2, -0.15) is 11.8 Å². The fourth-order valence-electron chi connectivity index (χ4n) is 1.35. The molecule has 0 aromatic carbocycles. The molecule has 15 heavy (non-hydrogen) atoms. The smallest absolute Gasteiger partial charge is 0.220 e. The second kappa shape index (κ2) is 10.3. The molecule has 0 aliphatic heterocycles. The van der Waals surface area contributed by atoms with Gasteiger partial charge >= 0.3 is 0 Å². The third kappa shape index (κ3) is 8.75. The number of thioether (sulfide) groups is 1. The van der Waals surface area contributed by atoms with Crippen LogP contribution in [0.5, 0.6) is 0 Å². The van der Waals surface area contributed by atoms with Gasteiger partial charge in [0.25, 0.3) is 0 Å². The first kappa shape index (κ1) is 14.8. The molecule has 0 radical (unpaired) electrons. The van der Waals surface area contributed by atoms with Crippen LogP contribution >= 0.6 is 11.8 Å². The lowest BCUT2D eigenvalue weighted by Crippen LogP contribution is -2.23. The van der Waals surface area contributed by atoms with E-state index in [1.165, 1.54) is 19.3 Å². The van der Waals surface area contributed by atoms with Gasteiger partial charge in [-0.1, -0.05) is 19.8 Å². The minimum atomic E-state index is 0.140. The molecule has 90 valence electrons. The number of hydrogen-bond donors (Lipinski definition) is 2. The summed E-state index contributed by atoms with van der Waals surface area (Å²) in [5.74, 6) is 1.07. The van der Waals surface area contributed by atoms with E-state index in [0.717, 1.165) is 12.3 Å². The maximum Gasteiger partial charge on any atom is 0.220 e. The molecule has 0 saturated heterocycles. The molecule has 0 bridgehead atoms. The predicted octanol–water partition coefficient (Wildman–Crippen LogP) is 1.63. The Kier molecular flexibility index (Phi) is 10.2. The van der Waals surface area contributed by atoms with Gasteiger partial charge in [0.05, 0.1) is 0 Å². The van der Waals surface area contributed by atoms with E-state index < -0.39 is 0 Å². The van der Waals surface area contributed by atoms with Crippen LogP contribution in [0.3, 0.4) is 0 Å². The van der Waals surface area contributed by atoms with Crippen LogP contribution in [0.15, 0.2) is 0 Å². The lowest BCUT2D eigenvalue weighted by atomic mass is 10.2. The molecule has 0 aromatic rings. The van der Waals surface area contributed by atoms with Crippen molar-refractivity contribution in [1.29, 1.82) is 0 Å². The minimum Gasteiger partial charge on any atom is -0.359 e.